The SMILES string of the molecule is CC(=O)c1ccc(Br)c(OC(F)F)c1. The van der Waals surface area contributed by atoms with Crippen molar-refractivity contribution in [3.05, 3.63) is 28.2 Å². The lowest BCUT2D eigenvalue weighted by Crippen LogP contribution is -2.03. The quantitative estimate of drug-likeness (QED) is 0.784. The summed E-state index contributed by atoms with van der Waals surface area (Å²) in [6.45, 7) is -1.54. The molecular formula is C9H7BrF2O2. The third-order valence-corrected chi connectivity index (χ3v) is 2.21. The number of alkyl halides is 2. The van der Waals surface area contributed by atoms with Gasteiger partial charge in [-0.05, 0) is 35.0 Å². The van der Waals surface area contributed by atoms with Gasteiger partial charge in [0.05, 0.1) is 4.47 Å². The minimum absolute atomic E-state index is 0.0345. The van der Waals surface area contributed by atoms with Gasteiger partial charge in [0, 0.05) is 5.56 Å². The first-order chi connectivity index (χ1) is 6.50. The van der Waals surface area contributed by atoms with Crippen molar-refractivity contribution in [1.29, 1.82) is 0 Å². The minimum atomic E-state index is -2.89. The second kappa shape index (κ2) is 4.50. The van der Waals surface area contributed by atoms with E-state index in [9.17, 15) is 13.6 Å². The van der Waals surface area contributed by atoms with E-state index in [4.69, 9.17) is 0 Å². The van der Waals surface area contributed by atoms with Gasteiger partial charge >= 0.3 is 6.61 Å². The molecule has 0 saturated carbocycles. The molecule has 1 rings (SSSR count). The molecule has 0 aliphatic rings. The van der Waals surface area contributed by atoms with Gasteiger partial charge in [0.25, 0.3) is 0 Å². The van der Waals surface area contributed by atoms with E-state index in [1.807, 2.05) is 0 Å². The van der Waals surface area contributed by atoms with Crippen LogP contribution < -0.4 is 4.74 Å². The van der Waals surface area contributed by atoms with E-state index in [2.05, 4.69) is 20.7 Å². The molecule has 0 aliphatic heterocycles. The van der Waals surface area contributed by atoms with E-state index >= 15 is 0 Å². The lowest BCUT2D eigenvalue weighted by Gasteiger charge is -2.07. The second-order valence-electron chi connectivity index (χ2n) is 2.58. The highest BCUT2D eigenvalue weighted by Gasteiger charge is 2.10. The third-order valence-electron chi connectivity index (χ3n) is 1.55. The van der Waals surface area contributed by atoms with Crippen LogP contribution in [0.2, 0.25) is 0 Å². The molecule has 0 aromatic heterocycles. The first kappa shape index (κ1) is 11.1. The zero-order chi connectivity index (χ0) is 10.7. The van der Waals surface area contributed by atoms with Gasteiger partial charge in [-0.15, -0.1) is 0 Å². The van der Waals surface area contributed by atoms with Gasteiger partial charge in [0.2, 0.25) is 0 Å². The highest BCUT2D eigenvalue weighted by atomic mass is 79.9. The molecule has 5 heteroatoms. The minimum Gasteiger partial charge on any atom is -0.434 e. The van der Waals surface area contributed by atoms with Crippen LogP contribution in [0.1, 0.15) is 17.3 Å². The Balaban J connectivity index is 3.02. The summed E-state index contributed by atoms with van der Waals surface area (Å²) < 4.78 is 28.4. The van der Waals surface area contributed by atoms with Crippen molar-refractivity contribution in [2.45, 2.75) is 13.5 Å². The van der Waals surface area contributed by atoms with Gasteiger partial charge < -0.3 is 4.74 Å². The van der Waals surface area contributed by atoms with Crippen molar-refractivity contribution in [1.82, 2.24) is 0 Å². The number of rotatable bonds is 3. The fourth-order valence-corrected chi connectivity index (χ4v) is 1.25. The lowest BCUT2D eigenvalue weighted by molar-refractivity contribution is -0.0503. The molecule has 0 aliphatic carbocycles. The average molecular weight is 265 g/mol. The number of halogens is 3. The topological polar surface area (TPSA) is 26.3 Å². The molecule has 76 valence electrons. The monoisotopic (exact) mass is 264 g/mol. The van der Waals surface area contributed by atoms with E-state index in [0.717, 1.165) is 0 Å². The van der Waals surface area contributed by atoms with Crippen molar-refractivity contribution in [3.8, 4) is 5.75 Å². The number of Topliss-reactive ketones (excluding diaryl/α,β-unsaturated/α-hetero) is 1. The Morgan fingerprint density at radius 1 is 1.50 bits per heavy atom. The number of hydrogen-bond acceptors (Lipinski definition) is 2. The maximum absolute atomic E-state index is 11.9. The van der Waals surface area contributed by atoms with Crippen LogP contribution >= 0.6 is 15.9 Å². The van der Waals surface area contributed by atoms with Crippen molar-refractivity contribution >= 4 is 21.7 Å². The van der Waals surface area contributed by atoms with E-state index in [1.165, 1.54) is 25.1 Å². The number of carbonyl (C=O) groups excluding carboxylic acids is 1. The Hall–Kier alpha value is -0.970. The molecule has 0 spiro atoms. The Bertz CT molecular complexity index is 353. The predicted octanol–water partition coefficient (Wildman–Crippen LogP) is 3.25. The van der Waals surface area contributed by atoms with Crippen LogP contribution in [0.5, 0.6) is 5.75 Å². The molecule has 0 saturated heterocycles. The standard InChI is InChI=1S/C9H7BrF2O2/c1-5(13)6-2-3-7(10)8(4-6)14-9(11)12/h2-4,9H,1H3. The molecule has 0 heterocycles. The van der Waals surface area contributed by atoms with Crippen LogP contribution in [0.4, 0.5) is 8.78 Å². The van der Waals surface area contributed by atoms with Gasteiger partial charge in [-0.3, -0.25) is 4.79 Å². The highest BCUT2D eigenvalue weighted by molar-refractivity contribution is 9.10. The number of benzene rings is 1. The molecule has 2 nitrogen and oxygen atoms in total. The van der Waals surface area contributed by atoms with Crippen LogP contribution in [0.25, 0.3) is 0 Å². The van der Waals surface area contributed by atoms with E-state index in [-0.39, 0.29) is 11.5 Å². The molecule has 0 atom stereocenters. The third kappa shape index (κ3) is 2.77. The summed E-state index contributed by atoms with van der Waals surface area (Å²) in [4.78, 5) is 10.9. The molecule has 0 bridgehead atoms. The fourth-order valence-electron chi connectivity index (χ4n) is 0.909. The molecule has 1 aromatic rings. The summed E-state index contributed by atoms with van der Waals surface area (Å²) in [6, 6.07) is 4.30. The van der Waals surface area contributed by atoms with Crippen molar-refractivity contribution < 1.29 is 18.3 Å². The van der Waals surface area contributed by atoms with Crippen molar-refractivity contribution in [2.24, 2.45) is 0 Å². The molecule has 0 radical (unpaired) electrons. The average Bonchev–Trinajstić information content (AvgIpc) is 2.07. The van der Waals surface area contributed by atoms with Gasteiger partial charge in [0.1, 0.15) is 5.75 Å². The van der Waals surface area contributed by atoms with Gasteiger partial charge in [-0.25, -0.2) is 0 Å². The normalized spacial score (nSPS) is 10.4. The Morgan fingerprint density at radius 3 is 2.64 bits per heavy atom. The summed E-state index contributed by atoms with van der Waals surface area (Å²) in [5, 5.41) is 0. The zero-order valence-corrected chi connectivity index (χ0v) is 8.85. The summed E-state index contributed by atoms with van der Waals surface area (Å²) in [5.41, 5.74) is 0.337. The molecule has 0 N–H and O–H groups in total. The largest absolute Gasteiger partial charge is 0.434 e. The molecule has 0 unspecified atom stereocenters. The number of ether oxygens (including phenoxy) is 1. The fraction of sp³-hybridized carbons (Fsp3) is 0.222. The molecule has 1 aromatic carbocycles. The molecular weight excluding hydrogens is 258 g/mol. The van der Waals surface area contributed by atoms with E-state index in [0.29, 0.717) is 10.0 Å². The first-order valence-corrected chi connectivity index (χ1v) is 4.55. The number of hydrogen-bond donors (Lipinski definition) is 0. The van der Waals surface area contributed by atoms with Gasteiger partial charge in [-0.2, -0.15) is 8.78 Å². The maximum atomic E-state index is 11.9. The maximum Gasteiger partial charge on any atom is 0.387 e. The molecule has 0 fully saturated rings. The van der Waals surface area contributed by atoms with E-state index < -0.39 is 6.61 Å². The summed E-state index contributed by atoms with van der Waals surface area (Å²) in [6.07, 6.45) is 0. The lowest BCUT2D eigenvalue weighted by atomic mass is 10.1. The Morgan fingerprint density at radius 2 is 2.14 bits per heavy atom. The Labute approximate surface area is 88.0 Å². The molecule has 0 amide bonds. The van der Waals surface area contributed by atoms with Crippen molar-refractivity contribution in [2.75, 3.05) is 0 Å². The zero-order valence-electron chi connectivity index (χ0n) is 7.26. The van der Waals surface area contributed by atoms with Gasteiger partial charge in [0.15, 0.2) is 5.78 Å². The van der Waals surface area contributed by atoms with Crippen LogP contribution in [0, 0.1) is 0 Å². The van der Waals surface area contributed by atoms with Gasteiger partial charge in [-0.1, -0.05) is 6.07 Å². The molecule has 14 heavy (non-hydrogen) atoms. The van der Waals surface area contributed by atoms with Crippen LogP contribution in [0.3, 0.4) is 0 Å². The summed E-state index contributed by atoms with van der Waals surface area (Å²) in [5.74, 6) is -0.232. The van der Waals surface area contributed by atoms with E-state index in [1.54, 1.807) is 0 Å². The summed E-state index contributed by atoms with van der Waals surface area (Å²) in [7, 11) is 0. The van der Waals surface area contributed by atoms with Crippen LogP contribution in [0.15, 0.2) is 22.7 Å². The number of carbonyl (C=O) groups is 1. The Kier molecular flexibility index (Phi) is 3.57. The second-order valence-corrected chi connectivity index (χ2v) is 3.43. The number of ketones is 1. The predicted molar refractivity (Wildman–Crippen MR) is 50.8 cm³/mol. The smallest absolute Gasteiger partial charge is 0.387 e. The van der Waals surface area contributed by atoms with Crippen molar-refractivity contribution in [3.63, 3.8) is 0 Å². The van der Waals surface area contributed by atoms with Crippen LogP contribution in [-0.4, -0.2) is 12.4 Å². The summed E-state index contributed by atoms with van der Waals surface area (Å²) >= 11 is 3.04. The first-order valence-electron chi connectivity index (χ1n) is 3.76. The van der Waals surface area contributed by atoms with Crippen LogP contribution in [-0.2, 0) is 0 Å². The highest BCUT2D eigenvalue weighted by Crippen LogP contribution is 2.27.